The summed E-state index contributed by atoms with van der Waals surface area (Å²) in [6.45, 7) is 3.95. The highest BCUT2D eigenvalue weighted by Crippen LogP contribution is 2.23. The first-order valence-corrected chi connectivity index (χ1v) is 9.43. The van der Waals surface area contributed by atoms with Crippen LogP contribution >= 0.6 is 0 Å². The Balaban J connectivity index is 1.57. The fraction of sp³-hybridized carbons (Fsp3) is 0.550. The van der Waals surface area contributed by atoms with Crippen LogP contribution in [0.2, 0.25) is 0 Å². The lowest BCUT2D eigenvalue weighted by Crippen LogP contribution is -2.53. The molecule has 1 aromatic rings. The first kappa shape index (κ1) is 19.2. The minimum Gasteiger partial charge on any atom is -0.375 e. The molecule has 1 aromatic carbocycles. The van der Waals surface area contributed by atoms with E-state index >= 15 is 0 Å². The fourth-order valence-electron chi connectivity index (χ4n) is 3.89. The molecule has 0 N–H and O–H groups in total. The number of methoxy groups -OCH3 is 1. The lowest BCUT2D eigenvalue weighted by molar-refractivity contribution is -0.142. The van der Waals surface area contributed by atoms with E-state index in [0.717, 1.165) is 18.5 Å². The Labute approximate surface area is 160 Å². The molecule has 2 aliphatic heterocycles. The summed E-state index contributed by atoms with van der Waals surface area (Å²) >= 11 is 0. The summed E-state index contributed by atoms with van der Waals surface area (Å²) < 4.78 is 4.93. The number of likely N-dealkylation sites (tertiary alicyclic amines) is 1. The number of piperidine rings is 1. The Bertz CT molecular complexity index is 722. The van der Waals surface area contributed by atoms with Crippen LogP contribution in [-0.4, -0.2) is 74.6 Å². The third-order valence-electron chi connectivity index (χ3n) is 5.35. The van der Waals surface area contributed by atoms with Crippen LogP contribution in [0.15, 0.2) is 24.3 Å². The van der Waals surface area contributed by atoms with Gasteiger partial charge in [0.05, 0.1) is 17.2 Å². The van der Waals surface area contributed by atoms with Crippen LogP contribution in [0.3, 0.4) is 0 Å². The molecule has 7 heteroatoms. The summed E-state index contributed by atoms with van der Waals surface area (Å²) in [5, 5.41) is 9.29. The van der Waals surface area contributed by atoms with E-state index in [1.54, 1.807) is 4.90 Å². The number of carbonyl (C=O) groups excluding carboxylic acids is 2. The number of benzene rings is 1. The molecule has 2 fully saturated rings. The van der Waals surface area contributed by atoms with E-state index in [2.05, 4.69) is 11.0 Å². The number of piperazine rings is 1. The summed E-state index contributed by atoms with van der Waals surface area (Å²) in [6.07, 6.45) is 1.68. The van der Waals surface area contributed by atoms with E-state index in [9.17, 15) is 14.9 Å². The number of carbonyl (C=O) groups is 2. The quantitative estimate of drug-likeness (QED) is 0.793. The van der Waals surface area contributed by atoms with Crippen LogP contribution in [0.25, 0.3) is 0 Å². The summed E-state index contributed by atoms with van der Waals surface area (Å²) in [5.74, 6) is -0.0384. The van der Waals surface area contributed by atoms with Gasteiger partial charge in [-0.25, -0.2) is 0 Å². The molecule has 27 heavy (non-hydrogen) atoms. The zero-order valence-corrected chi connectivity index (χ0v) is 15.8. The highest BCUT2D eigenvalue weighted by Gasteiger charge is 2.32. The van der Waals surface area contributed by atoms with Gasteiger partial charge in [-0.1, -0.05) is 12.1 Å². The van der Waals surface area contributed by atoms with Crippen molar-refractivity contribution in [1.29, 1.82) is 5.26 Å². The summed E-state index contributed by atoms with van der Waals surface area (Å²) in [4.78, 5) is 30.8. The van der Waals surface area contributed by atoms with Crippen molar-refractivity contribution in [1.82, 2.24) is 9.80 Å². The number of nitriles is 1. The lowest BCUT2D eigenvalue weighted by Gasteiger charge is -2.40. The lowest BCUT2D eigenvalue weighted by atomic mass is 9.96. The number of hydrogen-bond acceptors (Lipinski definition) is 5. The Morgan fingerprint density at radius 3 is 2.59 bits per heavy atom. The van der Waals surface area contributed by atoms with Crippen molar-refractivity contribution < 1.29 is 14.3 Å². The number of anilines is 1. The smallest absolute Gasteiger partial charge is 0.248 e. The second-order valence-corrected chi connectivity index (χ2v) is 7.05. The molecule has 0 saturated carbocycles. The highest BCUT2D eigenvalue weighted by atomic mass is 16.5. The van der Waals surface area contributed by atoms with E-state index in [1.807, 2.05) is 29.2 Å². The predicted molar refractivity (Wildman–Crippen MR) is 101 cm³/mol. The average Bonchev–Trinajstić information content (AvgIpc) is 2.73. The molecule has 0 radical (unpaired) electrons. The maximum absolute atomic E-state index is 12.9. The van der Waals surface area contributed by atoms with Crippen LogP contribution in [0.4, 0.5) is 5.69 Å². The van der Waals surface area contributed by atoms with E-state index in [1.165, 1.54) is 7.11 Å². The third-order valence-corrected chi connectivity index (χ3v) is 5.35. The number of amides is 2. The van der Waals surface area contributed by atoms with E-state index in [4.69, 9.17) is 4.74 Å². The molecule has 3 rings (SSSR count). The minimum absolute atomic E-state index is 0.0482. The minimum atomic E-state index is -0.127. The van der Waals surface area contributed by atoms with Crippen molar-refractivity contribution in [3.8, 4) is 6.07 Å². The number of ether oxygens (including phenoxy) is 1. The molecule has 2 heterocycles. The molecule has 144 valence electrons. The molecule has 0 aliphatic carbocycles. The van der Waals surface area contributed by atoms with E-state index in [-0.39, 0.29) is 24.3 Å². The van der Waals surface area contributed by atoms with Gasteiger partial charge in [-0.05, 0) is 25.0 Å². The van der Waals surface area contributed by atoms with Gasteiger partial charge in [0.1, 0.15) is 12.7 Å². The topological polar surface area (TPSA) is 76.9 Å². The molecule has 2 amide bonds. The number of nitrogens with zero attached hydrogens (tertiary/aromatic N) is 4. The van der Waals surface area contributed by atoms with Crippen LogP contribution in [0.1, 0.15) is 18.4 Å². The first-order chi connectivity index (χ1) is 13.1. The molecule has 2 saturated heterocycles. The molecule has 0 spiro atoms. The number of para-hydroxylation sites is 1. The second-order valence-electron chi connectivity index (χ2n) is 7.05. The van der Waals surface area contributed by atoms with Gasteiger partial charge in [0.25, 0.3) is 0 Å². The number of hydrogen-bond donors (Lipinski definition) is 0. The zero-order valence-electron chi connectivity index (χ0n) is 15.8. The van der Waals surface area contributed by atoms with Gasteiger partial charge >= 0.3 is 0 Å². The van der Waals surface area contributed by atoms with Crippen LogP contribution in [0, 0.1) is 17.2 Å². The Hall–Kier alpha value is -2.59. The number of rotatable bonds is 4. The largest absolute Gasteiger partial charge is 0.375 e. The van der Waals surface area contributed by atoms with Gasteiger partial charge < -0.3 is 19.4 Å². The maximum Gasteiger partial charge on any atom is 0.248 e. The molecular formula is C20H26N4O3. The standard InChI is InChI=1S/C20H26N4O3/c1-27-15-19(25)24-8-4-6-17(14-24)20(26)23-11-9-22(10-12-23)18-7-3-2-5-16(18)13-21/h2-3,5,7,17H,4,6,8-12,14-15H2,1H3/t17-/m0/s1. The van der Waals surface area contributed by atoms with Crippen LogP contribution in [-0.2, 0) is 14.3 Å². The Kier molecular flexibility index (Phi) is 6.30. The molecule has 0 bridgehead atoms. The Morgan fingerprint density at radius 1 is 1.15 bits per heavy atom. The fourth-order valence-corrected chi connectivity index (χ4v) is 3.89. The SMILES string of the molecule is COCC(=O)N1CCC[C@H](C(=O)N2CCN(c3ccccc3C#N)CC2)C1. The van der Waals surface area contributed by atoms with Crippen molar-refractivity contribution >= 4 is 17.5 Å². The second kappa shape index (κ2) is 8.87. The van der Waals surface area contributed by atoms with Gasteiger partial charge in [-0.3, -0.25) is 9.59 Å². The van der Waals surface area contributed by atoms with Crippen molar-refractivity contribution in [2.45, 2.75) is 12.8 Å². The summed E-state index contributed by atoms with van der Waals surface area (Å²) in [6, 6.07) is 9.80. The third kappa shape index (κ3) is 4.40. The molecular weight excluding hydrogens is 344 g/mol. The van der Waals surface area contributed by atoms with Crippen molar-refractivity contribution in [3.63, 3.8) is 0 Å². The first-order valence-electron chi connectivity index (χ1n) is 9.43. The van der Waals surface area contributed by atoms with Crippen molar-refractivity contribution in [2.24, 2.45) is 5.92 Å². The molecule has 1 atom stereocenters. The molecule has 0 unspecified atom stereocenters. The van der Waals surface area contributed by atoms with Gasteiger partial charge in [0.15, 0.2) is 0 Å². The normalized spacial score (nSPS) is 20.3. The van der Waals surface area contributed by atoms with E-state index in [0.29, 0.717) is 44.8 Å². The monoisotopic (exact) mass is 370 g/mol. The van der Waals surface area contributed by atoms with Crippen molar-refractivity contribution in [2.75, 3.05) is 57.9 Å². The van der Waals surface area contributed by atoms with Crippen LogP contribution in [0.5, 0.6) is 0 Å². The maximum atomic E-state index is 12.9. The highest BCUT2D eigenvalue weighted by molar-refractivity contribution is 5.82. The average molecular weight is 370 g/mol. The Morgan fingerprint density at radius 2 is 1.89 bits per heavy atom. The summed E-state index contributed by atoms with van der Waals surface area (Å²) in [5.41, 5.74) is 1.60. The predicted octanol–water partition coefficient (Wildman–Crippen LogP) is 1.09. The van der Waals surface area contributed by atoms with Crippen molar-refractivity contribution in [3.05, 3.63) is 29.8 Å². The van der Waals surface area contributed by atoms with E-state index < -0.39 is 0 Å². The van der Waals surface area contributed by atoms with Gasteiger partial charge in [0, 0.05) is 46.4 Å². The molecule has 0 aromatic heterocycles. The van der Waals surface area contributed by atoms with Gasteiger partial charge in [-0.2, -0.15) is 5.26 Å². The molecule has 2 aliphatic rings. The van der Waals surface area contributed by atoms with Gasteiger partial charge in [-0.15, -0.1) is 0 Å². The van der Waals surface area contributed by atoms with Crippen LogP contribution < -0.4 is 4.90 Å². The summed E-state index contributed by atoms with van der Waals surface area (Å²) in [7, 11) is 1.51. The van der Waals surface area contributed by atoms with Gasteiger partial charge in [0.2, 0.25) is 11.8 Å². The zero-order chi connectivity index (χ0) is 19.2. The molecule has 7 nitrogen and oxygen atoms in total.